The minimum atomic E-state index is -0.704. The average Bonchev–Trinajstić information content (AvgIpc) is 2.41. The predicted octanol–water partition coefficient (Wildman–Crippen LogP) is 2.23. The van der Waals surface area contributed by atoms with Gasteiger partial charge in [0.25, 0.3) is 0 Å². The Kier molecular flexibility index (Phi) is 4.80. The third-order valence-corrected chi connectivity index (χ3v) is 3.35. The highest BCUT2D eigenvalue weighted by Gasteiger charge is 2.40. The van der Waals surface area contributed by atoms with Crippen molar-refractivity contribution in [2.24, 2.45) is 0 Å². The maximum atomic E-state index is 11.4. The van der Waals surface area contributed by atoms with Crippen LogP contribution in [0.15, 0.2) is 24.3 Å². The highest BCUT2D eigenvalue weighted by Crippen LogP contribution is 2.41. The lowest BCUT2D eigenvalue weighted by molar-refractivity contribution is -0.173. The van der Waals surface area contributed by atoms with Gasteiger partial charge in [-0.25, -0.2) is 0 Å². The van der Waals surface area contributed by atoms with Crippen molar-refractivity contribution in [3.63, 3.8) is 0 Å². The van der Waals surface area contributed by atoms with Gasteiger partial charge < -0.3 is 14.2 Å². The summed E-state index contributed by atoms with van der Waals surface area (Å²) >= 11 is 0. The summed E-state index contributed by atoms with van der Waals surface area (Å²) in [6, 6.07) is 7.18. The monoisotopic (exact) mass is 306 g/mol. The summed E-state index contributed by atoms with van der Waals surface area (Å²) in [6.45, 7) is 3.90. The van der Waals surface area contributed by atoms with Crippen molar-refractivity contribution in [2.75, 3.05) is 0 Å². The zero-order valence-electron chi connectivity index (χ0n) is 12.7. The maximum Gasteiger partial charge on any atom is 0.303 e. The topological polar surface area (TPSA) is 78.9 Å². The van der Waals surface area contributed by atoms with Gasteiger partial charge in [-0.05, 0) is 5.56 Å². The van der Waals surface area contributed by atoms with E-state index in [9.17, 15) is 14.4 Å². The summed E-state index contributed by atoms with van der Waals surface area (Å²) in [6.07, 6.45) is -1.69. The normalized spacial score (nSPS) is 23.1. The molecule has 1 aromatic carbocycles. The molecule has 0 aromatic heterocycles. The van der Waals surface area contributed by atoms with Gasteiger partial charge in [0.2, 0.25) is 0 Å². The Morgan fingerprint density at radius 1 is 0.864 bits per heavy atom. The first-order valence-corrected chi connectivity index (χ1v) is 6.99. The van der Waals surface area contributed by atoms with Gasteiger partial charge in [0.15, 0.2) is 6.10 Å². The summed E-state index contributed by atoms with van der Waals surface area (Å²) in [5, 5.41) is 0. The molecule has 0 heterocycles. The van der Waals surface area contributed by atoms with E-state index in [0.717, 1.165) is 5.56 Å². The van der Waals surface area contributed by atoms with Crippen LogP contribution in [-0.2, 0) is 28.6 Å². The van der Waals surface area contributed by atoms with Gasteiger partial charge in [0, 0.05) is 32.8 Å². The van der Waals surface area contributed by atoms with Gasteiger partial charge in [0.1, 0.15) is 12.2 Å². The van der Waals surface area contributed by atoms with Crippen LogP contribution in [0.4, 0.5) is 0 Å². The van der Waals surface area contributed by atoms with E-state index < -0.39 is 36.2 Å². The van der Waals surface area contributed by atoms with Crippen LogP contribution >= 0.6 is 0 Å². The van der Waals surface area contributed by atoms with Gasteiger partial charge in [-0.3, -0.25) is 14.4 Å². The van der Waals surface area contributed by atoms with E-state index in [-0.39, 0.29) is 6.42 Å². The molecular formula is C16H18O6. The van der Waals surface area contributed by atoms with Crippen LogP contribution < -0.4 is 0 Å². The van der Waals surface area contributed by atoms with Crippen LogP contribution in [-0.4, -0.2) is 24.0 Å². The number of carbonyl (C=O) groups is 3. The fourth-order valence-corrected chi connectivity index (χ4v) is 2.68. The van der Waals surface area contributed by atoms with Crippen molar-refractivity contribution in [1.82, 2.24) is 0 Å². The lowest BCUT2D eigenvalue weighted by Crippen LogP contribution is -2.35. The summed E-state index contributed by atoms with van der Waals surface area (Å²) in [5.41, 5.74) is 1.44. The summed E-state index contributed by atoms with van der Waals surface area (Å²) in [4.78, 5) is 34.0. The van der Waals surface area contributed by atoms with Gasteiger partial charge in [0.05, 0.1) is 0 Å². The number of hydrogen-bond donors (Lipinski definition) is 0. The number of benzene rings is 1. The van der Waals surface area contributed by atoms with Crippen molar-refractivity contribution < 1.29 is 28.6 Å². The van der Waals surface area contributed by atoms with Crippen molar-refractivity contribution in [3.05, 3.63) is 35.4 Å². The molecule has 0 spiro atoms. The maximum absolute atomic E-state index is 11.4. The molecule has 6 nitrogen and oxygen atoms in total. The minimum Gasteiger partial charge on any atom is -0.458 e. The number of ether oxygens (including phenoxy) is 3. The Morgan fingerprint density at radius 2 is 1.41 bits per heavy atom. The van der Waals surface area contributed by atoms with Crippen molar-refractivity contribution in [1.29, 1.82) is 0 Å². The highest BCUT2D eigenvalue weighted by molar-refractivity contribution is 5.68. The van der Waals surface area contributed by atoms with Gasteiger partial charge in [-0.1, -0.05) is 24.3 Å². The zero-order valence-corrected chi connectivity index (χ0v) is 12.7. The fourth-order valence-electron chi connectivity index (χ4n) is 2.68. The van der Waals surface area contributed by atoms with E-state index in [0.29, 0.717) is 5.56 Å². The summed E-state index contributed by atoms with van der Waals surface area (Å²) in [5.74, 6) is -1.38. The molecule has 118 valence electrons. The van der Waals surface area contributed by atoms with E-state index in [1.54, 1.807) is 12.1 Å². The molecule has 0 amide bonds. The highest BCUT2D eigenvalue weighted by atomic mass is 16.6. The largest absolute Gasteiger partial charge is 0.458 e. The molecule has 1 aromatic rings. The molecule has 0 fully saturated rings. The Labute approximate surface area is 128 Å². The van der Waals surface area contributed by atoms with Crippen LogP contribution in [0.5, 0.6) is 0 Å². The van der Waals surface area contributed by atoms with Crippen molar-refractivity contribution >= 4 is 17.9 Å². The SMILES string of the molecule is CC(=O)OC1CC(OC(C)=O)C(OC(C)=O)c2ccccc21. The molecule has 0 N–H and O–H groups in total. The molecule has 0 saturated carbocycles. The Hall–Kier alpha value is -2.37. The first-order chi connectivity index (χ1) is 10.4. The van der Waals surface area contributed by atoms with Crippen LogP contribution in [0.2, 0.25) is 0 Å². The molecule has 1 aliphatic carbocycles. The van der Waals surface area contributed by atoms with Crippen molar-refractivity contribution in [3.8, 4) is 0 Å². The third-order valence-electron chi connectivity index (χ3n) is 3.35. The van der Waals surface area contributed by atoms with Crippen LogP contribution in [0.1, 0.15) is 50.5 Å². The molecule has 0 bridgehead atoms. The molecule has 2 rings (SSSR count). The fraction of sp³-hybridized carbons (Fsp3) is 0.438. The smallest absolute Gasteiger partial charge is 0.303 e. The molecule has 22 heavy (non-hydrogen) atoms. The first-order valence-electron chi connectivity index (χ1n) is 6.99. The first kappa shape index (κ1) is 16.0. The van der Waals surface area contributed by atoms with E-state index in [1.165, 1.54) is 20.8 Å². The lowest BCUT2D eigenvalue weighted by atomic mass is 9.85. The second kappa shape index (κ2) is 6.60. The number of hydrogen-bond acceptors (Lipinski definition) is 6. The summed E-state index contributed by atoms with van der Waals surface area (Å²) < 4.78 is 15.9. The van der Waals surface area contributed by atoms with E-state index in [1.807, 2.05) is 12.1 Å². The number of rotatable bonds is 3. The molecule has 0 saturated heterocycles. The number of fused-ring (bicyclic) bond motifs is 1. The second-order valence-corrected chi connectivity index (χ2v) is 5.14. The van der Waals surface area contributed by atoms with Crippen LogP contribution in [0, 0.1) is 0 Å². The molecular weight excluding hydrogens is 288 g/mol. The number of carbonyl (C=O) groups excluding carboxylic acids is 3. The Balaban J connectivity index is 2.41. The Morgan fingerprint density at radius 3 is 1.95 bits per heavy atom. The van der Waals surface area contributed by atoms with Crippen LogP contribution in [0.25, 0.3) is 0 Å². The average molecular weight is 306 g/mol. The van der Waals surface area contributed by atoms with Gasteiger partial charge in [-0.2, -0.15) is 0 Å². The Bertz CT molecular complexity index is 594. The molecule has 1 aliphatic rings. The van der Waals surface area contributed by atoms with E-state index in [2.05, 4.69) is 0 Å². The van der Waals surface area contributed by atoms with Crippen molar-refractivity contribution in [2.45, 2.75) is 45.5 Å². The zero-order chi connectivity index (χ0) is 16.3. The predicted molar refractivity (Wildman–Crippen MR) is 75.6 cm³/mol. The third kappa shape index (κ3) is 3.63. The molecule has 3 unspecified atom stereocenters. The van der Waals surface area contributed by atoms with E-state index in [4.69, 9.17) is 14.2 Å². The molecule has 6 heteroatoms. The minimum absolute atomic E-state index is 0.244. The summed E-state index contributed by atoms with van der Waals surface area (Å²) in [7, 11) is 0. The second-order valence-electron chi connectivity index (χ2n) is 5.14. The number of esters is 3. The van der Waals surface area contributed by atoms with Gasteiger partial charge >= 0.3 is 17.9 Å². The molecule has 3 atom stereocenters. The van der Waals surface area contributed by atoms with E-state index >= 15 is 0 Å². The lowest BCUT2D eigenvalue weighted by Gasteiger charge is -2.36. The molecule has 0 aliphatic heterocycles. The van der Waals surface area contributed by atoms with Crippen LogP contribution in [0.3, 0.4) is 0 Å². The van der Waals surface area contributed by atoms with Gasteiger partial charge in [-0.15, -0.1) is 0 Å². The molecule has 0 radical (unpaired) electrons. The standard InChI is InChI=1S/C16H18O6/c1-9(17)20-14-8-15(21-10(2)18)16(22-11(3)19)13-7-5-4-6-12(13)14/h4-7,14-16H,8H2,1-3H3. The quantitative estimate of drug-likeness (QED) is 0.629.